The van der Waals surface area contributed by atoms with Gasteiger partial charge in [-0.05, 0) is 24.4 Å². The van der Waals surface area contributed by atoms with Crippen molar-refractivity contribution < 1.29 is 4.74 Å². The third kappa shape index (κ3) is 2.47. The predicted octanol–water partition coefficient (Wildman–Crippen LogP) is 3.63. The monoisotopic (exact) mass is 233 g/mol. The van der Waals surface area contributed by atoms with Crippen LogP contribution in [-0.4, -0.2) is 13.2 Å². The molecule has 1 heterocycles. The maximum Gasteiger partial charge on any atom is 0.127 e. The van der Waals surface area contributed by atoms with Crippen molar-refractivity contribution in [1.82, 2.24) is 5.32 Å². The predicted molar refractivity (Wildman–Crippen MR) is 71.7 cm³/mol. The molecule has 94 valence electrons. The van der Waals surface area contributed by atoms with Gasteiger partial charge in [0.1, 0.15) is 5.75 Å². The number of ether oxygens (including phenoxy) is 1. The molecule has 0 radical (unpaired) electrons. The molecule has 1 aromatic carbocycles. The molecule has 0 spiro atoms. The molecule has 0 aliphatic carbocycles. The summed E-state index contributed by atoms with van der Waals surface area (Å²) in [6.45, 7) is 8.51. The van der Waals surface area contributed by atoms with Gasteiger partial charge in [0.05, 0.1) is 6.61 Å². The lowest BCUT2D eigenvalue weighted by molar-refractivity contribution is 0.250. The zero-order valence-electron chi connectivity index (χ0n) is 11.1. The molecule has 0 amide bonds. The first kappa shape index (κ1) is 12.4. The van der Waals surface area contributed by atoms with E-state index in [2.05, 4.69) is 44.3 Å². The zero-order chi connectivity index (χ0) is 12.3. The van der Waals surface area contributed by atoms with E-state index in [0.717, 1.165) is 31.7 Å². The van der Waals surface area contributed by atoms with Crippen LogP contribution >= 0.6 is 0 Å². The maximum atomic E-state index is 5.91. The van der Waals surface area contributed by atoms with E-state index >= 15 is 0 Å². The van der Waals surface area contributed by atoms with Gasteiger partial charge in [0.25, 0.3) is 0 Å². The van der Waals surface area contributed by atoms with Crippen LogP contribution < -0.4 is 10.1 Å². The van der Waals surface area contributed by atoms with E-state index in [1.54, 1.807) is 0 Å². The van der Waals surface area contributed by atoms with Gasteiger partial charge in [-0.15, -0.1) is 0 Å². The second kappa shape index (κ2) is 5.54. The van der Waals surface area contributed by atoms with Gasteiger partial charge in [-0.25, -0.2) is 0 Å². The van der Waals surface area contributed by atoms with Gasteiger partial charge in [0, 0.05) is 18.0 Å². The Morgan fingerprint density at radius 1 is 1.41 bits per heavy atom. The Morgan fingerprint density at radius 2 is 2.24 bits per heavy atom. The van der Waals surface area contributed by atoms with Crippen LogP contribution in [0.4, 0.5) is 0 Å². The van der Waals surface area contributed by atoms with Crippen LogP contribution in [0.5, 0.6) is 5.75 Å². The molecular weight excluding hydrogens is 210 g/mol. The topological polar surface area (TPSA) is 21.3 Å². The average molecular weight is 233 g/mol. The first-order valence-corrected chi connectivity index (χ1v) is 6.76. The number of hydrogen-bond donors (Lipinski definition) is 1. The Balaban J connectivity index is 2.36. The summed E-state index contributed by atoms with van der Waals surface area (Å²) in [4.78, 5) is 0. The number of hydrogen-bond acceptors (Lipinski definition) is 2. The van der Waals surface area contributed by atoms with E-state index in [4.69, 9.17) is 4.74 Å². The van der Waals surface area contributed by atoms with Gasteiger partial charge in [0.15, 0.2) is 0 Å². The van der Waals surface area contributed by atoms with Crippen LogP contribution in [0.2, 0.25) is 0 Å². The normalized spacial score (nSPS) is 20.5. The van der Waals surface area contributed by atoms with Gasteiger partial charge >= 0.3 is 0 Å². The van der Waals surface area contributed by atoms with Crippen LogP contribution in [0.15, 0.2) is 18.2 Å². The highest BCUT2D eigenvalue weighted by Crippen LogP contribution is 2.38. The molecule has 1 N–H and O–H groups in total. The lowest BCUT2D eigenvalue weighted by atomic mass is 9.91. The highest BCUT2D eigenvalue weighted by Gasteiger charge is 2.24. The molecule has 2 atom stereocenters. The zero-order valence-corrected chi connectivity index (χ0v) is 11.1. The summed E-state index contributed by atoms with van der Waals surface area (Å²) >= 11 is 0. The number of benzene rings is 1. The minimum absolute atomic E-state index is 0.466. The highest BCUT2D eigenvalue weighted by atomic mass is 16.5. The molecule has 0 aromatic heterocycles. The van der Waals surface area contributed by atoms with E-state index in [-0.39, 0.29) is 0 Å². The van der Waals surface area contributed by atoms with Gasteiger partial charge in [-0.1, -0.05) is 39.0 Å². The van der Waals surface area contributed by atoms with Gasteiger partial charge in [0.2, 0.25) is 0 Å². The summed E-state index contributed by atoms with van der Waals surface area (Å²) in [5.74, 6) is 1.71. The average Bonchev–Trinajstić information content (AvgIpc) is 2.38. The van der Waals surface area contributed by atoms with Crippen LogP contribution in [-0.2, 0) is 0 Å². The Morgan fingerprint density at radius 3 is 2.94 bits per heavy atom. The standard InChI is InChI=1S/C15H23NO/c1-4-11(3)12-7-6-8-13-14(16-5-2)9-10-17-15(12)13/h6-8,11,14,16H,4-5,9-10H2,1-3H3. The SMILES string of the molecule is CCNC1CCOc2c(C(C)CC)cccc21. The summed E-state index contributed by atoms with van der Waals surface area (Å²) in [6.07, 6.45) is 2.23. The molecule has 0 saturated carbocycles. The van der Waals surface area contributed by atoms with Gasteiger partial charge < -0.3 is 10.1 Å². The van der Waals surface area contributed by atoms with E-state index in [1.807, 2.05) is 0 Å². The van der Waals surface area contributed by atoms with E-state index in [1.165, 1.54) is 11.1 Å². The van der Waals surface area contributed by atoms with Crippen molar-refractivity contribution in [2.75, 3.05) is 13.2 Å². The molecule has 1 aliphatic rings. The maximum absolute atomic E-state index is 5.91. The third-order valence-electron chi connectivity index (χ3n) is 3.70. The smallest absolute Gasteiger partial charge is 0.127 e. The van der Waals surface area contributed by atoms with Gasteiger partial charge in [-0.2, -0.15) is 0 Å². The molecular formula is C15H23NO. The molecule has 0 bridgehead atoms. The second-order valence-electron chi connectivity index (χ2n) is 4.82. The summed E-state index contributed by atoms with van der Waals surface area (Å²) in [5.41, 5.74) is 2.71. The number of para-hydroxylation sites is 1. The van der Waals surface area contributed by atoms with Crippen molar-refractivity contribution >= 4 is 0 Å². The Bertz CT molecular complexity index is 375. The Hall–Kier alpha value is -1.02. The molecule has 1 aromatic rings. The molecule has 2 nitrogen and oxygen atoms in total. The molecule has 17 heavy (non-hydrogen) atoms. The third-order valence-corrected chi connectivity index (χ3v) is 3.70. The van der Waals surface area contributed by atoms with Crippen LogP contribution in [0.25, 0.3) is 0 Å². The first-order chi connectivity index (χ1) is 8.27. The summed E-state index contributed by atoms with van der Waals surface area (Å²) in [6, 6.07) is 7.04. The van der Waals surface area contributed by atoms with E-state index < -0.39 is 0 Å². The van der Waals surface area contributed by atoms with E-state index in [0.29, 0.717) is 12.0 Å². The van der Waals surface area contributed by atoms with Crippen molar-refractivity contribution in [2.24, 2.45) is 0 Å². The highest BCUT2D eigenvalue weighted by molar-refractivity contribution is 5.46. The van der Waals surface area contributed by atoms with Crippen molar-refractivity contribution in [3.05, 3.63) is 29.3 Å². The molecule has 2 heteroatoms. The van der Waals surface area contributed by atoms with Crippen molar-refractivity contribution in [2.45, 2.75) is 45.6 Å². The van der Waals surface area contributed by atoms with Crippen molar-refractivity contribution in [1.29, 1.82) is 0 Å². The van der Waals surface area contributed by atoms with Crippen LogP contribution in [0.3, 0.4) is 0 Å². The largest absolute Gasteiger partial charge is 0.493 e. The number of rotatable bonds is 4. The fourth-order valence-electron chi connectivity index (χ4n) is 2.52. The summed E-state index contributed by atoms with van der Waals surface area (Å²) in [7, 11) is 0. The van der Waals surface area contributed by atoms with Gasteiger partial charge in [-0.3, -0.25) is 0 Å². The minimum Gasteiger partial charge on any atom is -0.493 e. The van der Waals surface area contributed by atoms with E-state index in [9.17, 15) is 0 Å². The lowest BCUT2D eigenvalue weighted by Gasteiger charge is -2.29. The summed E-state index contributed by atoms with van der Waals surface area (Å²) < 4.78 is 5.91. The minimum atomic E-state index is 0.466. The second-order valence-corrected chi connectivity index (χ2v) is 4.82. The molecule has 2 rings (SSSR count). The Kier molecular flexibility index (Phi) is 4.06. The molecule has 2 unspecified atom stereocenters. The van der Waals surface area contributed by atoms with Crippen molar-refractivity contribution in [3.8, 4) is 5.75 Å². The number of nitrogens with one attached hydrogen (secondary N) is 1. The molecule has 0 saturated heterocycles. The van der Waals surface area contributed by atoms with Crippen molar-refractivity contribution in [3.63, 3.8) is 0 Å². The Labute approximate surface area is 104 Å². The molecule has 1 aliphatic heterocycles. The molecule has 0 fully saturated rings. The first-order valence-electron chi connectivity index (χ1n) is 6.76. The number of fused-ring (bicyclic) bond motifs is 1. The fourth-order valence-corrected chi connectivity index (χ4v) is 2.52. The van der Waals surface area contributed by atoms with Crippen LogP contribution in [0.1, 0.15) is 56.7 Å². The quantitative estimate of drug-likeness (QED) is 0.857. The fraction of sp³-hybridized carbons (Fsp3) is 0.600. The lowest BCUT2D eigenvalue weighted by Crippen LogP contribution is -2.27. The summed E-state index contributed by atoms with van der Waals surface area (Å²) in [5, 5.41) is 3.54. The van der Waals surface area contributed by atoms with Crippen LogP contribution in [0, 0.1) is 0 Å².